The highest BCUT2D eigenvalue weighted by Gasteiger charge is 1.98. The number of rotatable bonds is 3. The second-order valence-electron chi connectivity index (χ2n) is 2.28. The summed E-state index contributed by atoms with van der Waals surface area (Å²) >= 11 is 0. The van der Waals surface area contributed by atoms with Crippen LogP contribution in [0.2, 0.25) is 0 Å². The van der Waals surface area contributed by atoms with Crippen LogP contribution in [0, 0.1) is 0 Å². The number of halogens is 1. The van der Waals surface area contributed by atoms with E-state index in [9.17, 15) is 4.39 Å². The second-order valence-corrected chi connectivity index (χ2v) is 2.28. The molecular weight excluding hydrogens is 145 g/mol. The maximum absolute atomic E-state index is 12.0. The average molecular weight is 155 g/mol. The van der Waals surface area contributed by atoms with Gasteiger partial charge in [0.15, 0.2) is 0 Å². The second kappa shape index (κ2) is 3.93. The van der Waals surface area contributed by atoms with Gasteiger partial charge >= 0.3 is 0 Å². The van der Waals surface area contributed by atoms with E-state index in [-0.39, 0.29) is 6.54 Å². The first-order valence-electron chi connectivity index (χ1n) is 3.36. The summed E-state index contributed by atoms with van der Waals surface area (Å²) < 4.78 is 16.8. The maximum atomic E-state index is 12.0. The fourth-order valence-corrected chi connectivity index (χ4v) is 0.811. The molecule has 0 spiro atoms. The summed E-state index contributed by atoms with van der Waals surface area (Å²) in [5.74, 6) is 0. The summed E-state index contributed by atoms with van der Waals surface area (Å²) in [6.07, 6.45) is 4.22. The maximum Gasteiger partial charge on any atom is 0.0937 e. The highest BCUT2D eigenvalue weighted by atomic mass is 19.1. The Morgan fingerprint density at radius 1 is 1.73 bits per heavy atom. The van der Waals surface area contributed by atoms with Crippen molar-refractivity contribution in [3.8, 4) is 0 Å². The van der Waals surface area contributed by atoms with E-state index >= 15 is 0 Å². The molecule has 0 atom stereocenters. The average Bonchev–Trinajstić information content (AvgIpc) is 2.52. The van der Waals surface area contributed by atoms with E-state index in [0.717, 1.165) is 5.56 Å². The zero-order valence-electron chi connectivity index (χ0n) is 6.09. The number of hydrogen-bond acceptors (Lipinski definition) is 2. The van der Waals surface area contributed by atoms with Gasteiger partial charge in [-0.05, 0) is 17.2 Å². The van der Waals surface area contributed by atoms with Gasteiger partial charge in [0.05, 0.1) is 18.9 Å². The molecule has 3 heteroatoms. The fraction of sp³-hybridized carbons (Fsp3) is 0.250. The molecule has 0 aliphatic heterocycles. The Kier molecular flexibility index (Phi) is 2.86. The number of hydrogen-bond donors (Lipinski definition) is 1. The van der Waals surface area contributed by atoms with Gasteiger partial charge in [-0.1, -0.05) is 0 Å². The van der Waals surface area contributed by atoms with Crippen LogP contribution in [0.4, 0.5) is 4.39 Å². The van der Waals surface area contributed by atoms with Crippen molar-refractivity contribution in [1.29, 1.82) is 0 Å². The molecule has 1 aromatic rings. The molecule has 1 rings (SSSR count). The van der Waals surface area contributed by atoms with Crippen LogP contribution in [0.15, 0.2) is 34.9 Å². The smallest absolute Gasteiger partial charge is 0.0937 e. The molecule has 0 saturated heterocycles. The topological polar surface area (TPSA) is 39.2 Å². The first kappa shape index (κ1) is 8.01. The summed E-state index contributed by atoms with van der Waals surface area (Å²) in [5, 5.41) is 0. The molecule has 0 aliphatic rings. The standard InChI is InChI=1S/C8H10FNO/c9-4-8(5-10)3-7-1-2-11-6-7/h1-2,4,6H,3,5,10H2/b8-4-. The van der Waals surface area contributed by atoms with E-state index in [2.05, 4.69) is 0 Å². The molecule has 0 saturated carbocycles. The zero-order chi connectivity index (χ0) is 8.10. The molecule has 0 radical (unpaired) electrons. The van der Waals surface area contributed by atoms with Crippen molar-refractivity contribution < 1.29 is 8.81 Å². The minimum atomic E-state index is 0.252. The Morgan fingerprint density at radius 2 is 2.55 bits per heavy atom. The van der Waals surface area contributed by atoms with Crippen molar-refractivity contribution in [1.82, 2.24) is 0 Å². The van der Waals surface area contributed by atoms with E-state index in [1.54, 1.807) is 18.6 Å². The SMILES string of the molecule is NC/C(=C\F)Cc1ccoc1. The Bertz CT molecular complexity index is 228. The van der Waals surface area contributed by atoms with Crippen LogP contribution in [0.25, 0.3) is 0 Å². The van der Waals surface area contributed by atoms with Crippen LogP contribution in [0.3, 0.4) is 0 Å². The first-order valence-corrected chi connectivity index (χ1v) is 3.36. The summed E-state index contributed by atoms with van der Waals surface area (Å²) in [6.45, 7) is 0.252. The van der Waals surface area contributed by atoms with Crippen LogP contribution >= 0.6 is 0 Å². The lowest BCUT2D eigenvalue weighted by atomic mass is 10.1. The highest BCUT2D eigenvalue weighted by molar-refractivity contribution is 5.16. The van der Waals surface area contributed by atoms with E-state index in [4.69, 9.17) is 10.2 Å². The highest BCUT2D eigenvalue weighted by Crippen LogP contribution is 2.07. The van der Waals surface area contributed by atoms with Gasteiger partial charge in [0.2, 0.25) is 0 Å². The first-order chi connectivity index (χ1) is 5.36. The molecule has 0 bridgehead atoms. The van der Waals surface area contributed by atoms with E-state index < -0.39 is 0 Å². The van der Waals surface area contributed by atoms with Crippen LogP contribution in [0.5, 0.6) is 0 Å². The third-order valence-corrected chi connectivity index (χ3v) is 1.43. The zero-order valence-corrected chi connectivity index (χ0v) is 6.09. The van der Waals surface area contributed by atoms with E-state index in [1.807, 2.05) is 0 Å². The van der Waals surface area contributed by atoms with Gasteiger partial charge in [-0.15, -0.1) is 0 Å². The third-order valence-electron chi connectivity index (χ3n) is 1.43. The summed E-state index contributed by atoms with van der Waals surface area (Å²) in [6, 6.07) is 1.79. The van der Waals surface area contributed by atoms with Crippen LogP contribution < -0.4 is 5.73 Å². The van der Waals surface area contributed by atoms with Crippen molar-refractivity contribution in [3.63, 3.8) is 0 Å². The normalized spacial score (nSPS) is 12.0. The molecule has 11 heavy (non-hydrogen) atoms. The molecule has 2 nitrogen and oxygen atoms in total. The van der Waals surface area contributed by atoms with Crippen molar-refractivity contribution >= 4 is 0 Å². The van der Waals surface area contributed by atoms with E-state index in [0.29, 0.717) is 18.3 Å². The molecule has 2 N–H and O–H groups in total. The lowest BCUT2D eigenvalue weighted by Gasteiger charge is -1.97. The predicted octanol–water partition coefficient (Wildman–Crippen LogP) is 1.63. The van der Waals surface area contributed by atoms with Crippen LogP contribution in [-0.2, 0) is 6.42 Å². The summed E-state index contributed by atoms with van der Waals surface area (Å²) in [5.41, 5.74) is 6.78. The van der Waals surface area contributed by atoms with Gasteiger partial charge in [0.1, 0.15) is 0 Å². The Morgan fingerprint density at radius 3 is 3.00 bits per heavy atom. The Labute approximate surface area is 64.5 Å². The van der Waals surface area contributed by atoms with Crippen molar-refractivity contribution in [2.24, 2.45) is 5.73 Å². The summed E-state index contributed by atoms with van der Waals surface area (Å²) in [4.78, 5) is 0. The molecule has 0 amide bonds. The molecule has 0 fully saturated rings. The summed E-state index contributed by atoms with van der Waals surface area (Å²) in [7, 11) is 0. The minimum Gasteiger partial charge on any atom is -0.472 e. The lowest BCUT2D eigenvalue weighted by Crippen LogP contribution is -2.04. The van der Waals surface area contributed by atoms with Gasteiger partial charge in [-0.2, -0.15) is 0 Å². The minimum absolute atomic E-state index is 0.252. The largest absolute Gasteiger partial charge is 0.472 e. The fourth-order valence-electron chi connectivity index (χ4n) is 0.811. The molecule has 60 valence electrons. The number of furan rings is 1. The molecule has 0 aromatic carbocycles. The van der Waals surface area contributed by atoms with E-state index in [1.165, 1.54) is 0 Å². The van der Waals surface area contributed by atoms with Gasteiger partial charge in [0.25, 0.3) is 0 Å². The molecule has 0 aliphatic carbocycles. The lowest BCUT2D eigenvalue weighted by molar-refractivity contribution is 0.564. The molecular formula is C8H10FNO. The molecule has 0 unspecified atom stereocenters. The van der Waals surface area contributed by atoms with Crippen LogP contribution in [-0.4, -0.2) is 6.54 Å². The molecule has 1 aromatic heterocycles. The van der Waals surface area contributed by atoms with Gasteiger partial charge in [0, 0.05) is 13.0 Å². The van der Waals surface area contributed by atoms with Gasteiger partial charge < -0.3 is 10.2 Å². The van der Waals surface area contributed by atoms with Gasteiger partial charge in [-0.3, -0.25) is 0 Å². The van der Waals surface area contributed by atoms with Gasteiger partial charge in [-0.25, -0.2) is 4.39 Å². The quantitative estimate of drug-likeness (QED) is 0.720. The number of nitrogens with two attached hydrogens (primary N) is 1. The third kappa shape index (κ3) is 2.20. The van der Waals surface area contributed by atoms with Crippen molar-refractivity contribution in [2.75, 3.05) is 6.54 Å². The molecule has 1 heterocycles. The Hall–Kier alpha value is -1.09. The predicted molar refractivity (Wildman–Crippen MR) is 40.7 cm³/mol. The van der Waals surface area contributed by atoms with Crippen molar-refractivity contribution in [2.45, 2.75) is 6.42 Å². The Balaban J connectivity index is 2.55. The monoisotopic (exact) mass is 155 g/mol. The van der Waals surface area contributed by atoms with Crippen LogP contribution in [0.1, 0.15) is 5.56 Å². The van der Waals surface area contributed by atoms with Crippen molar-refractivity contribution in [3.05, 3.63) is 36.1 Å².